The van der Waals surface area contributed by atoms with Crippen LogP contribution in [0.5, 0.6) is 0 Å². The summed E-state index contributed by atoms with van der Waals surface area (Å²) in [6.07, 6.45) is 0. The number of aromatic amines is 1. The summed E-state index contributed by atoms with van der Waals surface area (Å²) >= 11 is 11.4. The zero-order chi connectivity index (χ0) is 14.4. The van der Waals surface area contributed by atoms with Gasteiger partial charge in [0, 0.05) is 16.5 Å². The lowest BCUT2D eigenvalue weighted by Crippen LogP contribution is -1.83. The summed E-state index contributed by atoms with van der Waals surface area (Å²) in [6, 6.07) is 15.0. The molecule has 0 fully saturated rings. The third-order valence-electron chi connectivity index (χ3n) is 3.31. The van der Waals surface area contributed by atoms with Crippen LogP contribution in [0.1, 0.15) is 0 Å². The molecule has 5 heteroatoms. The predicted octanol–water partition coefficient (Wildman–Crippen LogP) is 5.36. The molecule has 0 aliphatic carbocycles. The molecule has 21 heavy (non-hydrogen) atoms. The maximum Gasteiger partial charge on any atom is 0.174 e. The van der Waals surface area contributed by atoms with Crippen LogP contribution < -0.4 is 0 Å². The summed E-state index contributed by atoms with van der Waals surface area (Å²) in [6.45, 7) is 0. The van der Waals surface area contributed by atoms with E-state index < -0.39 is 0 Å². The number of benzene rings is 2. The molecule has 1 N–H and O–H groups in total. The van der Waals surface area contributed by atoms with Crippen LogP contribution in [0.4, 0.5) is 0 Å². The standard InChI is InChI=1S/C16H9ClN2OS/c17-9-5-6-13-10(7-9)15(21)8-14(20-13)16-18-11-3-1-2-4-12(11)19-16/h1-8H,(H,18,19). The average molecular weight is 313 g/mol. The molecule has 0 aliphatic rings. The van der Waals surface area contributed by atoms with Gasteiger partial charge in [0.15, 0.2) is 11.6 Å². The van der Waals surface area contributed by atoms with Gasteiger partial charge in [-0.2, -0.15) is 0 Å². The Balaban J connectivity index is 1.98. The quantitative estimate of drug-likeness (QED) is 0.481. The molecule has 0 aliphatic heterocycles. The Morgan fingerprint density at radius 2 is 1.95 bits per heavy atom. The van der Waals surface area contributed by atoms with Crippen LogP contribution in [0.25, 0.3) is 33.6 Å². The van der Waals surface area contributed by atoms with Gasteiger partial charge in [0.25, 0.3) is 0 Å². The molecule has 0 amide bonds. The van der Waals surface area contributed by atoms with Gasteiger partial charge in [-0.25, -0.2) is 4.98 Å². The van der Waals surface area contributed by atoms with Crippen molar-refractivity contribution >= 4 is 45.8 Å². The summed E-state index contributed by atoms with van der Waals surface area (Å²) in [5, 5.41) is 1.47. The maximum atomic E-state index is 5.99. The lowest BCUT2D eigenvalue weighted by molar-refractivity contribution is 0.615. The normalized spacial score (nSPS) is 11.3. The molecular weight excluding hydrogens is 304 g/mol. The number of hydrogen-bond acceptors (Lipinski definition) is 3. The topological polar surface area (TPSA) is 41.8 Å². The number of fused-ring (bicyclic) bond motifs is 2. The van der Waals surface area contributed by atoms with Gasteiger partial charge in [-0.1, -0.05) is 36.0 Å². The molecule has 0 radical (unpaired) electrons. The first-order valence-electron chi connectivity index (χ1n) is 6.39. The highest BCUT2D eigenvalue weighted by Crippen LogP contribution is 2.27. The molecule has 0 spiro atoms. The van der Waals surface area contributed by atoms with Crippen LogP contribution in [-0.4, -0.2) is 9.97 Å². The Bertz CT molecular complexity index is 1000. The van der Waals surface area contributed by atoms with E-state index in [4.69, 9.17) is 28.2 Å². The van der Waals surface area contributed by atoms with E-state index in [9.17, 15) is 0 Å². The number of nitrogens with zero attached hydrogens (tertiary/aromatic N) is 1. The van der Waals surface area contributed by atoms with E-state index in [2.05, 4.69) is 9.97 Å². The number of aromatic nitrogens is 2. The fourth-order valence-electron chi connectivity index (χ4n) is 2.31. The van der Waals surface area contributed by atoms with E-state index in [-0.39, 0.29) is 0 Å². The van der Waals surface area contributed by atoms with Crippen molar-refractivity contribution in [3.8, 4) is 11.6 Å². The Morgan fingerprint density at radius 1 is 1.10 bits per heavy atom. The molecule has 0 bridgehead atoms. The molecule has 4 rings (SSSR count). The Morgan fingerprint density at radius 3 is 2.81 bits per heavy atom. The summed E-state index contributed by atoms with van der Waals surface area (Å²) in [5.41, 5.74) is 2.55. The maximum absolute atomic E-state index is 5.99. The molecule has 4 aromatic rings. The van der Waals surface area contributed by atoms with Crippen molar-refractivity contribution < 1.29 is 4.42 Å². The van der Waals surface area contributed by atoms with Gasteiger partial charge in [-0.15, -0.1) is 0 Å². The first-order valence-corrected chi connectivity index (χ1v) is 7.18. The smallest absolute Gasteiger partial charge is 0.174 e. The Kier molecular flexibility index (Phi) is 2.80. The second-order valence-corrected chi connectivity index (χ2v) is 5.59. The fraction of sp³-hybridized carbons (Fsp3) is 0. The number of halogens is 1. The summed E-state index contributed by atoms with van der Waals surface area (Å²) in [4.78, 5) is 7.76. The van der Waals surface area contributed by atoms with Crippen LogP contribution in [0.3, 0.4) is 0 Å². The minimum Gasteiger partial charge on any atom is -0.453 e. The first kappa shape index (κ1) is 12.6. The van der Waals surface area contributed by atoms with Crippen LogP contribution >= 0.6 is 23.8 Å². The zero-order valence-corrected chi connectivity index (χ0v) is 12.3. The molecule has 3 nitrogen and oxygen atoms in total. The number of hydrogen-bond donors (Lipinski definition) is 1. The minimum absolute atomic E-state index is 0.617. The Labute approximate surface area is 130 Å². The van der Waals surface area contributed by atoms with E-state index in [0.29, 0.717) is 26.7 Å². The lowest BCUT2D eigenvalue weighted by Gasteiger charge is -2.01. The number of H-pyrrole nitrogens is 1. The van der Waals surface area contributed by atoms with Gasteiger partial charge in [0.1, 0.15) is 5.58 Å². The molecule has 2 aromatic heterocycles. The minimum atomic E-state index is 0.617. The first-order chi connectivity index (χ1) is 10.2. The molecule has 0 atom stereocenters. The largest absolute Gasteiger partial charge is 0.453 e. The molecule has 0 saturated carbocycles. The zero-order valence-electron chi connectivity index (χ0n) is 10.8. The predicted molar refractivity (Wildman–Crippen MR) is 87.1 cm³/mol. The number of imidazole rings is 1. The number of nitrogens with one attached hydrogen (secondary N) is 1. The van der Waals surface area contributed by atoms with Crippen molar-refractivity contribution in [2.75, 3.05) is 0 Å². The van der Waals surface area contributed by atoms with E-state index in [0.717, 1.165) is 16.4 Å². The van der Waals surface area contributed by atoms with E-state index in [1.807, 2.05) is 36.4 Å². The molecule has 0 saturated heterocycles. The number of para-hydroxylation sites is 2. The molecule has 0 unspecified atom stereocenters. The third-order valence-corrected chi connectivity index (χ3v) is 3.88. The van der Waals surface area contributed by atoms with Gasteiger partial charge in [0.05, 0.1) is 15.5 Å². The van der Waals surface area contributed by atoms with Crippen LogP contribution in [-0.2, 0) is 0 Å². The van der Waals surface area contributed by atoms with Gasteiger partial charge in [0.2, 0.25) is 0 Å². The third kappa shape index (κ3) is 2.13. The average Bonchev–Trinajstić information content (AvgIpc) is 2.92. The molecule has 102 valence electrons. The van der Waals surface area contributed by atoms with Crippen LogP contribution in [0.2, 0.25) is 5.02 Å². The van der Waals surface area contributed by atoms with Crippen LogP contribution in [0, 0.1) is 4.51 Å². The van der Waals surface area contributed by atoms with E-state index >= 15 is 0 Å². The fourth-order valence-corrected chi connectivity index (χ4v) is 2.75. The van der Waals surface area contributed by atoms with Gasteiger partial charge >= 0.3 is 0 Å². The van der Waals surface area contributed by atoms with Crippen molar-refractivity contribution in [3.05, 3.63) is 58.1 Å². The monoisotopic (exact) mass is 312 g/mol. The van der Waals surface area contributed by atoms with Crippen molar-refractivity contribution in [1.29, 1.82) is 0 Å². The summed E-state index contributed by atoms with van der Waals surface area (Å²) < 4.78 is 6.58. The second-order valence-electron chi connectivity index (χ2n) is 4.72. The van der Waals surface area contributed by atoms with Gasteiger partial charge in [-0.05, 0) is 30.3 Å². The molecule has 2 heterocycles. The summed E-state index contributed by atoms with van der Waals surface area (Å²) in [5.74, 6) is 1.28. The van der Waals surface area contributed by atoms with Crippen molar-refractivity contribution in [2.24, 2.45) is 0 Å². The Hall–Kier alpha value is -2.17. The van der Waals surface area contributed by atoms with Gasteiger partial charge in [-0.3, -0.25) is 0 Å². The van der Waals surface area contributed by atoms with Crippen molar-refractivity contribution in [2.45, 2.75) is 0 Å². The van der Waals surface area contributed by atoms with Crippen LogP contribution in [0.15, 0.2) is 52.9 Å². The SMILES string of the molecule is S=c1cc(-c2nc3ccccc3[nH]2)oc2ccc(Cl)cc12. The highest BCUT2D eigenvalue weighted by atomic mass is 35.5. The second kappa shape index (κ2) is 4.69. The van der Waals surface area contributed by atoms with E-state index in [1.165, 1.54) is 0 Å². The van der Waals surface area contributed by atoms with Crippen molar-refractivity contribution in [1.82, 2.24) is 9.97 Å². The van der Waals surface area contributed by atoms with E-state index in [1.54, 1.807) is 12.1 Å². The van der Waals surface area contributed by atoms with Gasteiger partial charge < -0.3 is 9.40 Å². The molecule has 2 aromatic carbocycles. The molecular formula is C16H9ClN2OS. The highest BCUT2D eigenvalue weighted by Gasteiger charge is 2.09. The van der Waals surface area contributed by atoms with Crippen molar-refractivity contribution in [3.63, 3.8) is 0 Å². The number of rotatable bonds is 1. The lowest BCUT2D eigenvalue weighted by atomic mass is 10.2. The highest BCUT2D eigenvalue weighted by molar-refractivity contribution is 7.71. The summed E-state index contributed by atoms with van der Waals surface area (Å²) in [7, 11) is 0.